The third kappa shape index (κ3) is 7.88. The molecule has 1 aliphatic carbocycles. The van der Waals surface area contributed by atoms with E-state index in [0.29, 0.717) is 25.1 Å². The molecule has 1 aliphatic rings. The van der Waals surface area contributed by atoms with E-state index in [1.165, 1.54) is 24.1 Å². The van der Waals surface area contributed by atoms with Gasteiger partial charge in [-0.05, 0) is 56.0 Å². The Hall–Kier alpha value is -2.34. The van der Waals surface area contributed by atoms with Gasteiger partial charge in [-0.2, -0.15) is 0 Å². The zero-order chi connectivity index (χ0) is 23.6. The topological polar surface area (TPSA) is 49.4 Å². The van der Waals surface area contributed by atoms with Gasteiger partial charge in [0, 0.05) is 29.7 Å². The molecular weight excluding hydrogens is 435 g/mol. The fourth-order valence-electron chi connectivity index (χ4n) is 4.28. The number of nitrogens with one attached hydrogen (secondary N) is 1. The molecule has 0 aliphatic heterocycles. The second-order valence-corrected chi connectivity index (χ2v) is 10.00. The molecule has 178 valence electrons. The molecule has 0 saturated heterocycles. The monoisotopic (exact) mass is 470 g/mol. The van der Waals surface area contributed by atoms with Crippen LogP contribution in [0.15, 0.2) is 53.4 Å². The van der Waals surface area contributed by atoms with Gasteiger partial charge in [0.05, 0.1) is 0 Å². The lowest BCUT2D eigenvalue weighted by Crippen LogP contribution is -2.51. The van der Waals surface area contributed by atoms with E-state index >= 15 is 0 Å². The number of benzene rings is 2. The van der Waals surface area contributed by atoms with Gasteiger partial charge in [0.25, 0.3) is 0 Å². The lowest BCUT2D eigenvalue weighted by molar-refractivity contribution is -0.141. The third-order valence-corrected chi connectivity index (χ3v) is 7.22. The molecule has 2 aromatic rings. The molecule has 0 bridgehead atoms. The Kier molecular flexibility index (Phi) is 9.79. The van der Waals surface area contributed by atoms with E-state index in [9.17, 15) is 14.0 Å². The van der Waals surface area contributed by atoms with Gasteiger partial charge in [0.1, 0.15) is 11.9 Å². The molecule has 33 heavy (non-hydrogen) atoms. The van der Waals surface area contributed by atoms with Gasteiger partial charge >= 0.3 is 0 Å². The first-order chi connectivity index (χ1) is 16.0. The Morgan fingerprint density at radius 1 is 1.06 bits per heavy atom. The number of thioether (sulfide) groups is 1. The van der Waals surface area contributed by atoms with E-state index in [0.717, 1.165) is 36.1 Å². The van der Waals surface area contributed by atoms with Crippen molar-refractivity contribution in [1.82, 2.24) is 10.2 Å². The number of rotatable bonds is 10. The van der Waals surface area contributed by atoms with Gasteiger partial charge in [-0.3, -0.25) is 9.59 Å². The third-order valence-electron chi connectivity index (χ3n) is 6.21. The quantitative estimate of drug-likeness (QED) is 0.442. The van der Waals surface area contributed by atoms with Crippen LogP contribution in [0.1, 0.15) is 63.0 Å². The van der Waals surface area contributed by atoms with Crippen molar-refractivity contribution in [3.05, 3.63) is 65.5 Å². The van der Waals surface area contributed by atoms with E-state index < -0.39 is 6.04 Å². The standard InChI is InChI=1S/C27H35FN2O2S/c1-3-25(27(32)29-23-7-5-4-6-8-23)30(19-21-11-13-22(28)14-12-21)26(31)17-18-33-24-15-9-20(2)10-16-24/h9-16,23,25H,3-8,17-19H2,1-2H3,(H,29,32)/t25-/m1/s1. The lowest BCUT2D eigenvalue weighted by Gasteiger charge is -2.33. The predicted molar refractivity (Wildman–Crippen MR) is 133 cm³/mol. The van der Waals surface area contributed by atoms with Crippen LogP contribution in [-0.4, -0.2) is 34.6 Å². The van der Waals surface area contributed by atoms with E-state index in [4.69, 9.17) is 0 Å². The van der Waals surface area contributed by atoms with E-state index in [1.807, 2.05) is 6.92 Å². The Morgan fingerprint density at radius 2 is 1.73 bits per heavy atom. The van der Waals surface area contributed by atoms with Crippen molar-refractivity contribution in [3.8, 4) is 0 Å². The number of carbonyl (C=O) groups is 2. The molecule has 0 radical (unpaired) electrons. The average Bonchev–Trinajstić information content (AvgIpc) is 2.82. The van der Waals surface area contributed by atoms with Crippen LogP contribution < -0.4 is 5.32 Å². The molecule has 2 amide bonds. The van der Waals surface area contributed by atoms with Crippen molar-refractivity contribution in [2.24, 2.45) is 0 Å². The maximum atomic E-state index is 13.4. The fraction of sp³-hybridized carbons (Fsp3) is 0.481. The molecule has 0 aromatic heterocycles. The first-order valence-corrected chi connectivity index (χ1v) is 13.0. The molecule has 4 nitrogen and oxygen atoms in total. The summed E-state index contributed by atoms with van der Waals surface area (Å²) >= 11 is 1.64. The molecule has 0 heterocycles. The fourth-order valence-corrected chi connectivity index (χ4v) is 5.13. The highest BCUT2D eigenvalue weighted by molar-refractivity contribution is 7.99. The number of hydrogen-bond acceptors (Lipinski definition) is 3. The van der Waals surface area contributed by atoms with Crippen LogP contribution in [0.25, 0.3) is 0 Å². The Balaban J connectivity index is 1.68. The number of nitrogens with zero attached hydrogens (tertiary/aromatic N) is 1. The molecule has 1 fully saturated rings. The summed E-state index contributed by atoms with van der Waals surface area (Å²) in [6.07, 6.45) is 6.37. The number of carbonyl (C=O) groups excluding carboxylic acids is 2. The minimum Gasteiger partial charge on any atom is -0.352 e. The summed E-state index contributed by atoms with van der Waals surface area (Å²) < 4.78 is 13.4. The van der Waals surface area contributed by atoms with Crippen LogP contribution in [0, 0.1) is 12.7 Å². The van der Waals surface area contributed by atoms with Crippen molar-refractivity contribution >= 4 is 23.6 Å². The average molecular weight is 471 g/mol. The predicted octanol–water partition coefficient (Wildman–Crippen LogP) is 5.87. The highest BCUT2D eigenvalue weighted by atomic mass is 32.2. The molecule has 1 N–H and O–H groups in total. The van der Waals surface area contributed by atoms with Crippen molar-refractivity contribution in [2.75, 3.05) is 5.75 Å². The smallest absolute Gasteiger partial charge is 0.243 e. The minimum atomic E-state index is -0.533. The molecule has 0 unspecified atom stereocenters. The minimum absolute atomic E-state index is 0.0513. The van der Waals surface area contributed by atoms with Crippen LogP contribution in [0.3, 0.4) is 0 Å². The van der Waals surface area contributed by atoms with Crippen molar-refractivity contribution in [3.63, 3.8) is 0 Å². The van der Waals surface area contributed by atoms with E-state index in [1.54, 1.807) is 28.8 Å². The van der Waals surface area contributed by atoms with Crippen molar-refractivity contribution in [1.29, 1.82) is 0 Å². The molecule has 3 rings (SSSR count). The number of aryl methyl sites for hydroxylation is 1. The maximum absolute atomic E-state index is 13.4. The second kappa shape index (κ2) is 12.8. The first kappa shape index (κ1) is 25.3. The first-order valence-electron chi connectivity index (χ1n) is 12.0. The van der Waals surface area contributed by atoms with E-state index in [2.05, 4.69) is 36.5 Å². The summed E-state index contributed by atoms with van der Waals surface area (Å²) in [5.74, 6) is 0.200. The van der Waals surface area contributed by atoms with Gasteiger partial charge in [-0.1, -0.05) is 56.0 Å². The summed E-state index contributed by atoms with van der Waals surface area (Å²) in [6.45, 7) is 4.29. The summed E-state index contributed by atoms with van der Waals surface area (Å²) in [6, 6.07) is 14.1. The lowest BCUT2D eigenvalue weighted by atomic mass is 9.95. The summed E-state index contributed by atoms with van der Waals surface area (Å²) in [5, 5.41) is 3.19. The molecule has 0 spiro atoms. The molecule has 2 aromatic carbocycles. The molecule has 1 saturated carbocycles. The maximum Gasteiger partial charge on any atom is 0.243 e. The number of amides is 2. The Bertz CT molecular complexity index is 895. The SMILES string of the molecule is CC[C@H](C(=O)NC1CCCCC1)N(Cc1ccc(F)cc1)C(=O)CCSc1ccc(C)cc1. The largest absolute Gasteiger partial charge is 0.352 e. The zero-order valence-electron chi connectivity index (χ0n) is 19.7. The van der Waals surface area contributed by atoms with E-state index in [-0.39, 0.29) is 23.7 Å². The van der Waals surface area contributed by atoms with Gasteiger partial charge in [-0.15, -0.1) is 11.8 Å². The number of hydrogen-bond donors (Lipinski definition) is 1. The normalized spacial score (nSPS) is 15.1. The summed E-state index contributed by atoms with van der Waals surface area (Å²) in [5.41, 5.74) is 2.02. The summed E-state index contributed by atoms with van der Waals surface area (Å²) in [4.78, 5) is 29.3. The molecule has 1 atom stereocenters. The van der Waals surface area contributed by atoms with Crippen molar-refractivity contribution < 1.29 is 14.0 Å². The van der Waals surface area contributed by atoms with Crippen LogP contribution >= 0.6 is 11.8 Å². The van der Waals surface area contributed by atoms with Crippen molar-refractivity contribution in [2.45, 2.75) is 82.3 Å². The second-order valence-electron chi connectivity index (χ2n) is 8.83. The Labute approximate surface area is 201 Å². The Morgan fingerprint density at radius 3 is 2.36 bits per heavy atom. The summed E-state index contributed by atoms with van der Waals surface area (Å²) in [7, 11) is 0. The van der Waals surface area contributed by atoms with Crippen LogP contribution in [0.2, 0.25) is 0 Å². The zero-order valence-corrected chi connectivity index (χ0v) is 20.5. The molecular formula is C27H35FN2O2S. The highest BCUT2D eigenvalue weighted by Crippen LogP contribution is 2.22. The van der Waals surface area contributed by atoms with Crippen LogP contribution in [-0.2, 0) is 16.1 Å². The molecule has 6 heteroatoms. The highest BCUT2D eigenvalue weighted by Gasteiger charge is 2.30. The van der Waals surface area contributed by atoms with Gasteiger partial charge < -0.3 is 10.2 Å². The van der Waals surface area contributed by atoms with Gasteiger partial charge in [-0.25, -0.2) is 4.39 Å². The number of halogens is 1. The van der Waals surface area contributed by atoms with Crippen LogP contribution in [0.5, 0.6) is 0 Å². The van der Waals surface area contributed by atoms with Gasteiger partial charge in [0.15, 0.2) is 0 Å². The van der Waals surface area contributed by atoms with Gasteiger partial charge in [0.2, 0.25) is 11.8 Å². The van der Waals surface area contributed by atoms with Crippen LogP contribution in [0.4, 0.5) is 4.39 Å².